The van der Waals surface area contributed by atoms with Crippen molar-refractivity contribution in [3.8, 4) is 0 Å². The molecule has 23 heavy (non-hydrogen) atoms. The van der Waals surface area contributed by atoms with Crippen LogP contribution in [-0.4, -0.2) is 90.2 Å². The van der Waals surface area contributed by atoms with Crippen molar-refractivity contribution < 1.29 is 9.90 Å². The second kappa shape index (κ2) is 7.25. The Kier molecular flexibility index (Phi) is 5.31. The number of likely N-dealkylation sites (N-methyl/N-ethyl adjacent to an activating group) is 2. The van der Waals surface area contributed by atoms with Gasteiger partial charge in [-0.25, -0.2) is 4.98 Å². The third kappa shape index (κ3) is 4.29. The summed E-state index contributed by atoms with van der Waals surface area (Å²) in [4.78, 5) is 23.9. The van der Waals surface area contributed by atoms with Crippen LogP contribution in [0, 0.1) is 0 Å². The van der Waals surface area contributed by atoms with Crippen molar-refractivity contribution in [1.82, 2.24) is 19.7 Å². The number of thiazole rings is 1. The molecule has 1 aromatic heterocycles. The van der Waals surface area contributed by atoms with Gasteiger partial charge in [-0.1, -0.05) is 0 Å². The quantitative estimate of drug-likeness (QED) is 0.827. The highest BCUT2D eigenvalue weighted by molar-refractivity contribution is 7.11. The van der Waals surface area contributed by atoms with E-state index in [1.165, 1.54) is 11.3 Å². The van der Waals surface area contributed by atoms with Crippen LogP contribution >= 0.6 is 11.3 Å². The monoisotopic (exact) mass is 338 g/mol. The van der Waals surface area contributed by atoms with E-state index in [4.69, 9.17) is 0 Å². The summed E-state index contributed by atoms with van der Waals surface area (Å²) in [6.45, 7) is 5.02. The highest BCUT2D eigenvalue weighted by Crippen LogP contribution is 2.42. The average molecular weight is 338 g/mol. The minimum atomic E-state index is -0.510. The number of nitrogens with zero attached hydrogens (tertiary/aromatic N) is 4. The number of rotatable bonds is 6. The summed E-state index contributed by atoms with van der Waals surface area (Å²) in [5.74, 6) is 0.468. The Bertz CT molecular complexity index is 538. The molecule has 2 heterocycles. The summed E-state index contributed by atoms with van der Waals surface area (Å²) in [7, 11) is 3.89. The lowest BCUT2D eigenvalue weighted by molar-refractivity contribution is 0.0503. The van der Waals surface area contributed by atoms with Crippen LogP contribution in [0.25, 0.3) is 0 Å². The Morgan fingerprint density at radius 3 is 2.78 bits per heavy atom. The van der Waals surface area contributed by atoms with Crippen LogP contribution in [0.1, 0.15) is 34.1 Å². The molecule has 1 aromatic rings. The smallest absolute Gasteiger partial charge is 0.265 e. The first-order chi connectivity index (χ1) is 11.0. The summed E-state index contributed by atoms with van der Waals surface area (Å²) in [6, 6.07) is 0. The number of aliphatic hydroxyl groups excluding tert-OH is 1. The number of hydrogen-bond acceptors (Lipinski definition) is 6. The van der Waals surface area contributed by atoms with Gasteiger partial charge in [-0.2, -0.15) is 0 Å². The van der Waals surface area contributed by atoms with Gasteiger partial charge >= 0.3 is 0 Å². The van der Waals surface area contributed by atoms with E-state index >= 15 is 0 Å². The molecule has 1 saturated carbocycles. The van der Waals surface area contributed by atoms with Crippen LogP contribution in [0.5, 0.6) is 0 Å². The largest absolute Gasteiger partial charge is 0.390 e. The van der Waals surface area contributed by atoms with Gasteiger partial charge in [-0.15, -0.1) is 11.3 Å². The van der Waals surface area contributed by atoms with Gasteiger partial charge in [0.05, 0.1) is 17.3 Å². The van der Waals surface area contributed by atoms with Crippen molar-refractivity contribution in [2.24, 2.45) is 0 Å². The second-order valence-corrected chi connectivity index (χ2v) is 7.64. The Morgan fingerprint density at radius 1 is 1.43 bits per heavy atom. The molecule has 7 heteroatoms. The highest BCUT2D eigenvalue weighted by atomic mass is 32.1. The minimum absolute atomic E-state index is 0.00757. The van der Waals surface area contributed by atoms with Crippen LogP contribution in [0.15, 0.2) is 5.51 Å². The maximum Gasteiger partial charge on any atom is 0.265 e. The molecule has 0 bridgehead atoms. The van der Waals surface area contributed by atoms with Crippen molar-refractivity contribution >= 4 is 17.2 Å². The fourth-order valence-corrected chi connectivity index (χ4v) is 3.89. The molecule has 1 amide bonds. The molecule has 2 aliphatic rings. The molecule has 0 radical (unpaired) electrons. The van der Waals surface area contributed by atoms with Gasteiger partial charge < -0.3 is 14.9 Å². The second-order valence-electron chi connectivity index (χ2n) is 6.78. The number of aliphatic hydroxyl groups is 1. The minimum Gasteiger partial charge on any atom is -0.390 e. The first kappa shape index (κ1) is 16.8. The molecular weight excluding hydrogens is 312 g/mol. The lowest BCUT2D eigenvalue weighted by atomic mass is 10.2. The molecule has 3 rings (SSSR count). The van der Waals surface area contributed by atoms with E-state index in [0.29, 0.717) is 19.0 Å². The number of hydrogen-bond donors (Lipinski definition) is 1. The fraction of sp³-hybridized carbons (Fsp3) is 0.750. The normalized spacial score (nSPS) is 21.3. The SMILES string of the molecule is CN1CCN(CC(O)CN(C)C(=O)c2scnc2C2CC2)CC1. The van der Waals surface area contributed by atoms with Gasteiger partial charge in [0, 0.05) is 52.2 Å². The lowest BCUT2D eigenvalue weighted by Gasteiger charge is -2.34. The van der Waals surface area contributed by atoms with Crippen molar-refractivity contribution in [2.45, 2.75) is 24.9 Å². The van der Waals surface area contributed by atoms with E-state index < -0.39 is 6.10 Å². The summed E-state index contributed by atoms with van der Waals surface area (Å²) < 4.78 is 0. The molecular formula is C16H26N4O2S. The topological polar surface area (TPSA) is 59.9 Å². The van der Waals surface area contributed by atoms with Crippen molar-refractivity contribution in [3.05, 3.63) is 16.1 Å². The molecule has 1 unspecified atom stereocenters. The van der Waals surface area contributed by atoms with E-state index in [2.05, 4.69) is 21.8 Å². The van der Waals surface area contributed by atoms with Crippen LogP contribution in [0.3, 0.4) is 0 Å². The number of amides is 1. The van der Waals surface area contributed by atoms with Gasteiger partial charge in [0.1, 0.15) is 4.88 Å². The van der Waals surface area contributed by atoms with Crippen LogP contribution in [-0.2, 0) is 0 Å². The number of carbonyl (C=O) groups excluding carboxylic acids is 1. The Balaban J connectivity index is 1.50. The van der Waals surface area contributed by atoms with Crippen molar-refractivity contribution in [1.29, 1.82) is 0 Å². The molecule has 1 aliphatic heterocycles. The third-order valence-corrected chi connectivity index (χ3v) is 5.48. The van der Waals surface area contributed by atoms with Gasteiger partial charge in [0.25, 0.3) is 5.91 Å². The predicted molar refractivity (Wildman–Crippen MR) is 91.0 cm³/mol. The zero-order valence-electron chi connectivity index (χ0n) is 13.9. The molecule has 0 spiro atoms. The Hall–Kier alpha value is -1.02. The summed E-state index contributed by atoms with van der Waals surface area (Å²) in [5.41, 5.74) is 2.72. The van der Waals surface area contributed by atoms with Crippen molar-refractivity contribution in [2.75, 3.05) is 53.4 Å². The zero-order valence-corrected chi connectivity index (χ0v) is 14.8. The number of piperazine rings is 1. The molecule has 1 atom stereocenters. The van der Waals surface area contributed by atoms with Gasteiger partial charge in [0.2, 0.25) is 0 Å². The standard InChI is InChI=1S/C16H26N4O2S/c1-18-5-7-20(8-6-18)10-13(21)9-19(2)16(22)15-14(12-3-4-12)17-11-23-15/h11-13,21H,3-10H2,1-2H3. The van der Waals surface area contributed by atoms with Crippen molar-refractivity contribution in [3.63, 3.8) is 0 Å². The Morgan fingerprint density at radius 2 is 2.13 bits per heavy atom. The summed E-state index contributed by atoms with van der Waals surface area (Å²) >= 11 is 1.42. The zero-order chi connectivity index (χ0) is 16.4. The Labute approximate surface area is 141 Å². The van der Waals surface area contributed by atoms with Crippen LogP contribution in [0.2, 0.25) is 0 Å². The van der Waals surface area contributed by atoms with E-state index in [0.717, 1.165) is 49.6 Å². The van der Waals surface area contributed by atoms with Crippen LogP contribution in [0.4, 0.5) is 0 Å². The first-order valence-electron chi connectivity index (χ1n) is 8.32. The summed E-state index contributed by atoms with van der Waals surface area (Å²) in [6.07, 6.45) is 1.77. The number of carbonyl (C=O) groups is 1. The molecule has 1 N–H and O–H groups in total. The maximum absolute atomic E-state index is 12.6. The average Bonchev–Trinajstić information content (AvgIpc) is 3.26. The number of β-amino-alcohol motifs (C(OH)–C–C–N with tert-alkyl or cyclic N) is 1. The molecule has 6 nitrogen and oxygen atoms in total. The molecule has 2 fully saturated rings. The van der Waals surface area contributed by atoms with E-state index in [9.17, 15) is 9.90 Å². The molecule has 128 valence electrons. The van der Waals surface area contributed by atoms with Gasteiger partial charge in [-0.3, -0.25) is 9.69 Å². The predicted octanol–water partition coefficient (Wildman–Crippen LogP) is 0.701. The first-order valence-corrected chi connectivity index (χ1v) is 9.20. The maximum atomic E-state index is 12.6. The molecule has 1 aliphatic carbocycles. The van der Waals surface area contributed by atoms with E-state index in [-0.39, 0.29) is 5.91 Å². The van der Waals surface area contributed by atoms with E-state index in [1.54, 1.807) is 17.5 Å². The third-order valence-electron chi connectivity index (χ3n) is 4.65. The molecule has 0 aromatic carbocycles. The van der Waals surface area contributed by atoms with E-state index in [1.807, 2.05) is 0 Å². The van der Waals surface area contributed by atoms with Crippen LogP contribution < -0.4 is 0 Å². The van der Waals surface area contributed by atoms with Gasteiger partial charge in [0.15, 0.2) is 0 Å². The fourth-order valence-electron chi connectivity index (χ4n) is 3.02. The summed E-state index contributed by atoms with van der Waals surface area (Å²) in [5, 5.41) is 10.3. The van der Waals surface area contributed by atoms with Gasteiger partial charge in [-0.05, 0) is 19.9 Å². The lowest BCUT2D eigenvalue weighted by Crippen LogP contribution is -2.49. The molecule has 1 saturated heterocycles. The number of aromatic nitrogens is 1. The highest BCUT2D eigenvalue weighted by Gasteiger charge is 2.32.